The molecular weight excluding hydrogens is 370 g/mol. The van der Waals surface area contributed by atoms with Crippen molar-refractivity contribution in [3.8, 4) is 0 Å². The lowest BCUT2D eigenvalue weighted by molar-refractivity contribution is -0.120. The van der Waals surface area contributed by atoms with Crippen LogP contribution in [0.15, 0.2) is 48.5 Å². The van der Waals surface area contributed by atoms with Gasteiger partial charge >= 0.3 is 0 Å². The maximum atomic E-state index is 12.9. The molecule has 1 amide bonds. The summed E-state index contributed by atoms with van der Waals surface area (Å²) in [6, 6.07) is 15.9. The lowest BCUT2D eigenvalue weighted by Gasteiger charge is -2.38. The number of anilines is 2. The van der Waals surface area contributed by atoms with Gasteiger partial charge in [0.05, 0.1) is 6.04 Å². The van der Waals surface area contributed by atoms with Gasteiger partial charge in [0.25, 0.3) is 0 Å². The molecule has 1 N–H and O–H groups in total. The molecule has 1 heterocycles. The number of para-hydroxylation sites is 1. The third-order valence-electron chi connectivity index (χ3n) is 5.78. The van der Waals surface area contributed by atoms with Gasteiger partial charge in [-0.15, -0.1) is 0 Å². The van der Waals surface area contributed by atoms with E-state index in [-0.39, 0.29) is 11.9 Å². The Hall–Kier alpha value is -2.04. The number of rotatable bonds is 6. The summed E-state index contributed by atoms with van der Waals surface area (Å²) in [5.74, 6) is 0.486. The van der Waals surface area contributed by atoms with Gasteiger partial charge in [0.15, 0.2) is 0 Å². The molecule has 1 aliphatic rings. The second kappa shape index (κ2) is 9.44. The highest BCUT2D eigenvalue weighted by Crippen LogP contribution is 2.27. The second-order valence-electron chi connectivity index (χ2n) is 7.56. The molecule has 0 spiro atoms. The zero-order valence-corrected chi connectivity index (χ0v) is 17.7. The number of nitrogens with one attached hydrogen (secondary N) is 1. The molecule has 150 valence electrons. The first-order chi connectivity index (χ1) is 13.5. The fraction of sp³-hybridized carbons (Fsp3) is 0.435. The van der Waals surface area contributed by atoms with E-state index in [2.05, 4.69) is 41.1 Å². The van der Waals surface area contributed by atoms with Gasteiger partial charge in [-0.05, 0) is 49.1 Å². The van der Waals surface area contributed by atoms with E-state index in [1.807, 2.05) is 43.3 Å². The number of carbonyl (C=O) groups excluding carboxylic acids is 1. The van der Waals surface area contributed by atoms with Crippen LogP contribution in [-0.2, 0) is 4.79 Å². The number of piperazine rings is 1. The molecule has 2 aromatic carbocycles. The average Bonchev–Trinajstić information content (AvgIpc) is 2.73. The molecule has 0 unspecified atom stereocenters. The quantitative estimate of drug-likeness (QED) is 0.742. The van der Waals surface area contributed by atoms with E-state index in [0.717, 1.165) is 49.0 Å². The Morgan fingerprint density at radius 1 is 1.07 bits per heavy atom. The van der Waals surface area contributed by atoms with Crippen molar-refractivity contribution >= 4 is 28.9 Å². The van der Waals surface area contributed by atoms with Crippen LogP contribution in [-0.4, -0.2) is 43.0 Å². The maximum Gasteiger partial charge on any atom is 0.241 e. The van der Waals surface area contributed by atoms with Crippen LogP contribution in [0.3, 0.4) is 0 Å². The molecule has 1 fully saturated rings. The van der Waals surface area contributed by atoms with E-state index in [4.69, 9.17) is 11.6 Å². The first-order valence-corrected chi connectivity index (χ1v) is 10.5. The molecule has 4 nitrogen and oxygen atoms in total. The molecule has 0 saturated carbocycles. The molecule has 1 aliphatic heterocycles. The van der Waals surface area contributed by atoms with E-state index in [9.17, 15) is 4.79 Å². The number of amides is 1. The van der Waals surface area contributed by atoms with Crippen molar-refractivity contribution in [1.82, 2.24) is 4.90 Å². The van der Waals surface area contributed by atoms with Crippen LogP contribution in [0.2, 0.25) is 5.02 Å². The molecule has 1 saturated heterocycles. The number of hydrogen-bond donors (Lipinski definition) is 1. The Morgan fingerprint density at radius 2 is 1.79 bits per heavy atom. The van der Waals surface area contributed by atoms with Crippen LogP contribution in [0.5, 0.6) is 0 Å². The van der Waals surface area contributed by atoms with Gasteiger partial charge in [-0.25, -0.2) is 0 Å². The second-order valence-corrected chi connectivity index (χ2v) is 8.00. The third kappa shape index (κ3) is 4.86. The SMILES string of the molecule is CC[C@H](C)c1ccccc1NC(=O)[C@@H](C)N1CCN(c2cccc(Cl)c2)CC1. The summed E-state index contributed by atoms with van der Waals surface area (Å²) in [6.45, 7) is 9.86. The Balaban J connectivity index is 1.59. The van der Waals surface area contributed by atoms with Crippen molar-refractivity contribution in [2.45, 2.75) is 39.2 Å². The minimum Gasteiger partial charge on any atom is -0.369 e. The largest absolute Gasteiger partial charge is 0.369 e. The molecule has 28 heavy (non-hydrogen) atoms. The third-order valence-corrected chi connectivity index (χ3v) is 6.01. The summed E-state index contributed by atoms with van der Waals surface area (Å²) in [7, 11) is 0. The summed E-state index contributed by atoms with van der Waals surface area (Å²) in [4.78, 5) is 17.5. The molecular formula is C23H30ClN3O. The van der Waals surface area contributed by atoms with Gasteiger partial charge < -0.3 is 10.2 Å². The summed E-state index contributed by atoms with van der Waals surface area (Å²) >= 11 is 6.12. The molecule has 0 radical (unpaired) electrons. The predicted octanol–water partition coefficient (Wildman–Crippen LogP) is 5.00. The highest BCUT2D eigenvalue weighted by atomic mass is 35.5. The first-order valence-electron chi connectivity index (χ1n) is 10.1. The fourth-order valence-electron chi connectivity index (χ4n) is 3.70. The highest BCUT2D eigenvalue weighted by molar-refractivity contribution is 6.30. The van der Waals surface area contributed by atoms with E-state index in [1.165, 1.54) is 5.56 Å². The zero-order chi connectivity index (χ0) is 20.1. The molecule has 0 aliphatic carbocycles. The topological polar surface area (TPSA) is 35.6 Å². The standard InChI is InChI=1S/C23H30ClN3O/c1-4-17(2)21-10-5-6-11-22(21)25-23(28)18(3)26-12-14-27(15-13-26)20-9-7-8-19(24)16-20/h5-11,16-18H,4,12-15H2,1-3H3,(H,25,28)/t17-,18+/m0/s1. The minimum absolute atomic E-state index is 0.0620. The molecule has 0 aromatic heterocycles. The molecule has 2 aromatic rings. The van der Waals surface area contributed by atoms with E-state index in [1.54, 1.807) is 0 Å². The Kier molecular flexibility index (Phi) is 6.97. The monoisotopic (exact) mass is 399 g/mol. The van der Waals surface area contributed by atoms with Crippen LogP contribution in [0, 0.1) is 0 Å². The zero-order valence-electron chi connectivity index (χ0n) is 17.0. The maximum absolute atomic E-state index is 12.9. The lowest BCUT2D eigenvalue weighted by Crippen LogP contribution is -2.52. The minimum atomic E-state index is -0.161. The van der Waals surface area contributed by atoms with Crippen LogP contribution >= 0.6 is 11.6 Å². The van der Waals surface area contributed by atoms with Crippen molar-refractivity contribution in [2.75, 3.05) is 36.4 Å². The van der Waals surface area contributed by atoms with E-state index >= 15 is 0 Å². The van der Waals surface area contributed by atoms with Gasteiger partial charge in [0.1, 0.15) is 0 Å². The Morgan fingerprint density at radius 3 is 2.46 bits per heavy atom. The normalized spacial score (nSPS) is 17.2. The van der Waals surface area contributed by atoms with Crippen LogP contribution < -0.4 is 10.2 Å². The van der Waals surface area contributed by atoms with Crippen molar-refractivity contribution in [3.05, 3.63) is 59.1 Å². The van der Waals surface area contributed by atoms with Crippen LogP contribution in [0.1, 0.15) is 38.7 Å². The number of halogens is 1. The smallest absolute Gasteiger partial charge is 0.241 e. The number of nitrogens with zero attached hydrogens (tertiary/aromatic N) is 2. The lowest BCUT2D eigenvalue weighted by atomic mass is 9.97. The molecule has 3 rings (SSSR count). The van der Waals surface area contributed by atoms with Crippen LogP contribution in [0.4, 0.5) is 11.4 Å². The molecule has 2 atom stereocenters. The fourth-order valence-corrected chi connectivity index (χ4v) is 3.89. The molecule has 5 heteroatoms. The van der Waals surface area contributed by atoms with E-state index in [0.29, 0.717) is 5.92 Å². The van der Waals surface area contributed by atoms with Crippen molar-refractivity contribution in [1.29, 1.82) is 0 Å². The number of hydrogen-bond acceptors (Lipinski definition) is 3. The van der Waals surface area contributed by atoms with Crippen molar-refractivity contribution < 1.29 is 4.79 Å². The summed E-state index contributed by atoms with van der Waals surface area (Å²) in [6.07, 6.45) is 1.05. The van der Waals surface area contributed by atoms with Gasteiger partial charge in [-0.1, -0.05) is 49.7 Å². The van der Waals surface area contributed by atoms with Crippen molar-refractivity contribution in [2.24, 2.45) is 0 Å². The number of benzene rings is 2. The highest BCUT2D eigenvalue weighted by Gasteiger charge is 2.26. The summed E-state index contributed by atoms with van der Waals surface area (Å²) in [5, 5.41) is 3.92. The van der Waals surface area contributed by atoms with Gasteiger partial charge in [0, 0.05) is 42.6 Å². The van der Waals surface area contributed by atoms with Gasteiger partial charge in [-0.3, -0.25) is 9.69 Å². The van der Waals surface area contributed by atoms with Gasteiger partial charge in [0.2, 0.25) is 5.91 Å². The van der Waals surface area contributed by atoms with Gasteiger partial charge in [-0.2, -0.15) is 0 Å². The summed E-state index contributed by atoms with van der Waals surface area (Å²) < 4.78 is 0. The molecule has 0 bridgehead atoms. The summed E-state index contributed by atoms with van der Waals surface area (Å²) in [5.41, 5.74) is 3.29. The first kappa shape index (κ1) is 20.7. The predicted molar refractivity (Wildman–Crippen MR) is 118 cm³/mol. The van der Waals surface area contributed by atoms with E-state index < -0.39 is 0 Å². The average molecular weight is 400 g/mol. The Bertz CT molecular complexity index is 802. The van der Waals surface area contributed by atoms with Crippen LogP contribution in [0.25, 0.3) is 0 Å². The van der Waals surface area contributed by atoms with Crippen molar-refractivity contribution in [3.63, 3.8) is 0 Å². The Labute approximate surface area is 173 Å². The number of carbonyl (C=O) groups is 1.